The van der Waals surface area contributed by atoms with E-state index in [0.29, 0.717) is 11.6 Å². The molecule has 0 radical (unpaired) electrons. The second-order valence-corrected chi connectivity index (χ2v) is 5.28. The topological polar surface area (TPSA) is 26.7 Å². The molecule has 1 aliphatic heterocycles. The number of nitrogens with zero attached hydrogens (tertiary/aromatic N) is 2. The highest BCUT2D eigenvalue weighted by molar-refractivity contribution is 5.35. The molecular weight excluding hydrogens is 231 g/mol. The van der Waals surface area contributed by atoms with Crippen LogP contribution in [0.5, 0.6) is 5.75 Å². The lowest BCUT2D eigenvalue weighted by Gasteiger charge is -2.26. The second-order valence-electron chi connectivity index (χ2n) is 5.28. The molecule has 1 fully saturated rings. The summed E-state index contributed by atoms with van der Waals surface area (Å²) in [6.45, 7) is 3.97. The number of halogens is 1. The molecule has 100 valence electrons. The smallest absolute Gasteiger partial charge is 0.123 e. The number of likely N-dealkylation sites (tertiary alicyclic amines) is 1. The van der Waals surface area contributed by atoms with Gasteiger partial charge in [0.15, 0.2) is 0 Å². The van der Waals surface area contributed by atoms with Gasteiger partial charge < -0.3 is 10.0 Å². The van der Waals surface area contributed by atoms with Crippen molar-refractivity contribution < 1.29 is 9.50 Å². The first-order valence-corrected chi connectivity index (χ1v) is 6.38. The molecule has 1 heterocycles. The first-order valence-electron chi connectivity index (χ1n) is 6.38. The zero-order chi connectivity index (χ0) is 13.3. The van der Waals surface area contributed by atoms with Gasteiger partial charge in [0.05, 0.1) is 0 Å². The maximum atomic E-state index is 13.3. The molecular formula is C14H21FN2O. The first kappa shape index (κ1) is 13.3. The largest absolute Gasteiger partial charge is 0.508 e. The molecule has 0 amide bonds. The van der Waals surface area contributed by atoms with Crippen LogP contribution in [0, 0.1) is 5.82 Å². The normalized spacial score (nSPS) is 22.6. The van der Waals surface area contributed by atoms with Gasteiger partial charge in [0, 0.05) is 30.7 Å². The summed E-state index contributed by atoms with van der Waals surface area (Å²) in [5.74, 6) is -0.116. The van der Waals surface area contributed by atoms with Crippen LogP contribution in [0.3, 0.4) is 0 Å². The molecule has 1 aromatic rings. The molecule has 4 heteroatoms. The molecule has 1 aromatic carbocycles. The minimum absolute atomic E-state index is 0.0469. The average Bonchev–Trinajstić information content (AvgIpc) is 2.81. The van der Waals surface area contributed by atoms with Gasteiger partial charge in [0.2, 0.25) is 0 Å². The predicted molar refractivity (Wildman–Crippen MR) is 70.1 cm³/mol. The van der Waals surface area contributed by atoms with Gasteiger partial charge in [-0.25, -0.2) is 4.39 Å². The maximum Gasteiger partial charge on any atom is 0.123 e. The minimum atomic E-state index is -0.294. The van der Waals surface area contributed by atoms with E-state index in [1.165, 1.54) is 18.2 Å². The number of aromatic hydroxyl groups is 1. The molecule has 1 N–H and O–H groups in total. The predicted octanol–water partition coefficient (Wildman–Crippen LogP) is 2.23. The first-order chi connectivity index (χ1) is 8.49. The lowest BCUT2D eigenvalue weighted by atomic mass is 10.1. The number of likely N-dealkylation sites (N-methyl/N-ethyl adjacent to an activating group) is 1. The zero-order valence-electron chi connectivity index (χ0n) is 11.2. The molecule has 2 rings (SSSR count). The van der Waals surface area contributed by atoms with Crippen LogP contribution < -0.4 is 0 Å². The van der Waals surface area contributed by atoms with Crippen LogP contribution in [-0.4, -0.2) is 48.1 Å². The van der Waals surface area contributed by atoms with Crippen LogP contribution in [0.4, 0.5) is 4.39 Å². The second kappa shape index (κ2) is 5.24. The Bertz CT molecular complexity index is 422. The third kappa shape index (κ3) is 2.65. The molecule has 1 saturated heterocycles. The number of hydrogen-bond donors (Lipinski definition) is 1. The minimum Gasteiger partial charge on any atom is -0.508 e. The lowest BCUT2D eigenvalue weighted by Crippen LogP contribution is -2.32. The Morgan fingerprint density at radius 1 is 1.44 bits per heavy atom. The van der Waals surface area contributed by atoms with E-state index in [1.807, 2.05) is 6.92 Å². The number of phenols is 1. The third-order valence-corrected chi connectivity index (χ3v) is 3.91. The van der Waals surface area contributed by atoms with Crippen LogP contribution in [0.2, 0.25) is 0 Å². The summed E-state index contributed by atoms with van der Waals surface area (Å²) in [5, 5.41) is 9.84. The summed E-state index contributed by atoms with van der Waals surface area (Å²) < 4.78 is 13.3. The molecule has 1 aliphatic rings. The van der Waals surface area contributed by atoms with Crippen LogP contribution in [0.1, 0.15) is 24.9 Å². The fraction of sp³-hybridized carbons (Fsp3) is 0.571. The lowest BCUT2D eigenvalue weighted by molar-refractivity contribution is 0.225. The number of rotatable bonds is 3. The Hall–Kier alpha value is -1.13. The van der Waals surface area contributed by atoms with Crippen molar-refractivity contribution in [2.45, 2.75) is 25.4 Å². The number of hydrogen-bond acceptors (Lipinski definition) is 3. The summed E-state index contributed by atoms with van der Waals surface area (Å²) in [6, 6.07) is 4.75. The molecule has 0 saturated carbocycles. The van der Waals surface area contributed by atoms with E-state index >= 15 is 0 Å². The summed E-state index contributed by atoms with van der Waals surface area (Å²) in [4.78, 5) is 4.51. The third-order valence-electron chi connectivity index (χ3n) is 3.91. The molecule has 3 nitrogen and oxygen atoms in total. The molecule has 18 heavy (non-hydrogen) atoms. The van der Waals surface area contributed by atoms with Crippen molar-refractivity contribution >= 4 is 0 Å². The summed E-state index contributed by atoms with van der Waals surface area (Å²) in [6.07, 6.45) is 1.12. The molecule has 2 atom stereocenters. The van der Waals surface area contributed by atoms with E-state index in [0.717, 1.165) is 19.5 Å². The maximum absolute atomic E-state index is 13.3. The van der Waals surface area contributed by atoms with Crippen molar-refractivity contribution in [3.8, 4) is 5.75 Å². The Morgan fingerprint density at radius 3 is 2.78 bits per heavy atom. The van der Waals surface area contributed by atoms with Crippen LogP contribution >= 0.6 is 0 Å². The SMILES string of the molecule is CC(c1cc(F)ccc1O)N1CCC(N(C)C)C1. The van der Waals surface area contributed by atoms with E-state index in [2.05, 4.69) is 23.9 Å². The van der Waals surface area contributed by atoms with E-state index in [4.69, 9.17) is 0 Å². The Morgan fingerprint density at radius 2 is 2.17 bits per heavy atom. The highest BCUT2D eigenvalue weighted by Gasteiger charge is 2.28. The van der Waals surface area contributed by atoms with Crippen LogP contribution in [-0.2, 0) is 0 Å². The van der Waals surface area contributed by atoms with Crippen molar-refractivity contribution in [1.82, 2.24) is 9.80 Å². The van der Waals surface area contributed by atoms with E-state index in [-0.39, 0.29) is 17.6 Å². The van der Waals surface area contributed by atoms with Gasteiger partial charge >= 0.3 is 0 Å². The highest BCUT2D eigenvalue weighted by Crippen LogP contribution is 2.31. The molecule has 0 spiro atoms. The van der Waals surface area contributed by atoms with Gasteiger partial charge in [-0.1, -0.05) is 0 Å². The van der Waals surface area contributed by atoms with E-state index < -0.39 is 0 Å². The quantitative estimate of drug-likeness (QED) is 0.893. The van der Waals surface area contributed by atoms with Gasteiger partial charge in [-0.3, -0.25) is 4.90 Å². The van der Waals surface area contributed by atoms with Crippen LogP contribution in [0.15, 0.2) is 18.2 Å². The van der Waals surface area contributed by atoms with Crippen molar-refractivity contribution in [1.29, 1.82) is 0 Å². The molecule has 0 aliphatic carbocycles. The van der Waals surface area contributed by atoms with Gasteiger partial charge in [-0.15, -0.1) is 0 Å². The summed E-state index contributed by atoms with van der Waals surface area (Å²) in [5.41, 5.74) is 0.675. The summed E-state index contributed by atoms with van der Waals surface area (Å²) in [7, 11) is 4.16. The highest BCUT2D eigenvalue weighted by atomic mass is 19.1. The van der Waals surface area contributed by atoms with Crippen molar-refractivity contribution in [2.75, 3.05) is 27.2 Å². The molecule has 0 bridgehead atoms. The van der Waals surface area contributed by atoms with Gasteiger partial charge in [0.25, 0.3) is 0 Å². The molecule has 0 aromatic heterocycles. The standard InChI is InChI=1S/C14H21FN2O/c1-10(13-8-11(15)4-5-14(13)18)17-7-6-12(9-17)16(2)3/h4-5,8,10,12,18H,6-7,9H2,1-3H3. The monoisotopic (exact) mass is 252 g/mol. The Kier molecular flexibility index (Phi) is 3.88. The van der Waals surface area contributed by atoms with Crippen molar-refractivity contribution in [3.05, 3.63) is 29.6 Å². The van der Waals surface area contributed by atoms with Gasteiger partial charge in [-0.2, -0.15) is 0 Å². The van der Waals surface area contributed by atoms with Crippen molar-refractivity contribution in [3.63, 3.8) is 0 Å². The molecule has 2 unspecified atom stereocenters. The number of benzene rings is 1. The Balaban J connectivity index is 2.12. The van der Waals surface area contributed by atoms with E-state index in [1.54, 1.807) is 0 Å². The van der Waals surface area contributed by atoms with Crippen LogP contribution in [0.25, 0.3) is 0 Å². The summed E-state index contributed by atoms with van der Waals surface area (Å²) >= 11 is 0. The van der Waals surface area contributed by atoms with Crippen molar-refractivity contribution in [2.24, 2.45) is 0 Å². The average molecular weight is 252 g/mol. The zero-order valence-corrected chi connectivity index (χ0v) is 11.2. The fourth-order valence-electron chi connectivity index (χ4n) is 2.60. The van der Waals surface area contributed by atoms with E-state index in [9.17, 15) is 9.50 Å². The fourth-order valence-corrected chi connectivity index (χ4v) is 2.60. The Labute approximate surface area is 108 Å². The van der Waals surface area contributed by atoms with Gasteiger partial charge in [-0.05, 0) is 45.6 Å². The van der Waals surface area contributed by atoms with Gasteiger partial charge in [0.1, 0.15) is 11.6 Å². The number of phenolic OH excluding ortho intramolecular Hbond substituents is 1.